The minimum atomic E-state index is -0.634. The third-order valence-electron chi connectivity index (χ3n) is 5.21. The normalized spacial score (nSPS) is 14.7. The smallest absolute Gasteiger partial charge is 0.349 e. The van der Waals surface area contributed by atoms with Gasteiger partial charge in [-0.05, 0) is 37.6 Å². The van der Waals surface area contributed by atoms with Gasteiger partial charge in [-0.2, -0.15) is 0 Å². The van der Waals surface area contributed by atoms with Crippen LogP contribution in [0.1, 0.15) is 32.7 Å². The summed E-state index contributed by atoms with van der Waals surface area (Å²) in [6.07, 6.45) is 0.655. The molecule has 0 atom stereocenters. The van der Waals surface area contributed by atoms with Gasteiger partial charge in [-0.1, -0.05) is 35.9 Å². The second-order valence-corrected chi connectivity index (χ2v) is 7.29. The number of hydrogen-bond donors (Lipinski definition) is 0. The van der Waals surface area contributed by atoms with E-state index in [1.807, 2.05) is 37.3 Å². The maximum atomic E-state index is 13.0. The van der Waals surface area contributed by atoms with E-state index < -0.39 is 5.63 Å². The molecule has 6 heteroatoms. The summed E-state index contributed by atoms with van der Waals surface area (Å²) < 4.78 is 5.30. The third-order valence-corrected chi connectivity index (χ3v) is 5.21. The Morgan fingerprint density at radius 2 is 1.59 bits per heavy atom. The fourth-order valence-corrected chi connectivity index (χ4v) is 3.67. The lowest BCUT2D eigenvalue weighted by Gasteiger charge is -2.22. The Kier molecular flexibility index (Phi) is 5.16. The van der Waals surface area contributed by atoms with E-state index in [0.717, 1.165) is 5.56 Å². The summed E-state index contributed by atoms with van der Waals surface area (Å²) >= 11 is 0. The maximum absolute atomic E-state index is 13.0. The fraction of sp³-hybridized carbons (Fsp3) is 0.261. The highest BCUT2D eigenvalue weighted by molar-refractivity contribution is 5.97. The van der Waals surface area contributed by atoms with Crippen molar-refractivity contribution in [3.63, 3.8) is 0 Å². The Morgan fingerprint density at radius 1 is 0.862 bits per heavy atom. The standard InChI is InChI=1S/C23H22N2O4/c1-16-6-4-8-18(14-16)21(26)24-10-5-11-25(13-12-24)22(27)19-15-17-7-2-3-9-20(17)29-23(19)28/h2-4,6-9,14-15H,5,10-13H2,1H3. The largest absolute Gasteiger partial charge is 0.422 e. The SMILES string of the molecule is Cc1cccc(C(=O)N2CCCN(C(=O)c3cc4ccccc4oc3=O)CC2)c1. The zero-order valence-electron chi connectivity index (χ0n) is 16.3. The van der Waals surface area contributed by atoms with Crippen molar-refractivity contribution in [2.45, 2.75) is 13.3 Å². The summed E-state index contributed by atoms with van der Waals surface area (Å²) in [5, 5.41) is 0.710. The molecule has 1 fully saturated rings. The van der Waals surface area contributed by atoms with Crippen LogP contribution in [0, 0.1) is 6.92 Å². The lowest BCUT2D eigenvalue weighted by Crippen LogP contribution is -2.38. The number of rotatable bonds is 2. The van der Waals surface area contributed by atoms with E-state index in [2.05, 4.69) is 0 Å². The number of amides is 2. The van der Waals surface area contributed by atoms with E-state index in [-0.39, 0.29) is 17.4 Å². The molecule has 0 bridgehead atoms. The van der Waals surface area contributed by atoms with Gasteiger partial charge in [-0.25, -0.2) is 4.79 Å². The van der Waals surface area contributed by atoms with Crippen molar-refractivity contribution >= 4 is 22.8 Å². The first kappa shape index (κ1) is 18.9. The molecule has 1 aliphatic rings. The first-order chi connectivity index (χ1) is 14.0. The molecule has 0 spiro atoms. The molecule has 2 heterocycles. The van der Waals surface area contributed by atoms with Gasteiger partial charge in [-0.3, -0.25) is 9.59 Å². The number of hydrogen-bond acceptors (Lipinski definition) is 4. The average Bonchev–Trinajstić information content (AvgIpc) is 2.98. The van der Waals surface area contributed by atoms with Gasteiger partial charge in [0, 0.05) is 37.1 Å². The predicted octanol–water partition coefficient (Wildman–Crippen LogP) is 3.09. The molecule has 0 radical (unpaired) electrons. The Hall–Kier alpha value is -3.41. The number of carbonyl (C=O) groups is 2. The minimum absolute atomic E-state index is 0.0298. The van der Waals surface area contributed by atoms with Gasteiger partial charge in [0.05, 0.1) is 0 Å². The van der Waals surface area contributed by atoms with Gasteiger partial charge in [-0.15, -0.1) is 0 Å². The van der Waals surface area contributed by atoms with Gasteiger partial charge in [0.15, 0.2) is 0 Å². The van der Waals surface area contributed by atoms with Crippen molar-refractivity contribution in [3.05, 3.63) is 81.7 Å². The minimum Gasteiger partial charge on any atom is -0.422 e. The van der Waals surface area contributed by atoms with Crippen LogP contribution in [-0.4, -0.2) is 47.8 Å². The highest BCUT2D eigenvalue weighted by Gasteiger charge is 2.25. The summed E-state index contributed by atoms with van der Waals surface area (Å²) in [5.41, 5.74) is 1.54. The Morgan fingerprint density at radius 3 is 2.34 bits per heavy atom. The van der Waals surface area contributed by atoms with Crippen molar-refractivity contribution in [3.8, 4) is 0 Å². The molecule has 4 rings (SSSR count). The van der Waals surface area contributed by atoms with Crippen LogP contribution in [0.4, 0.5) is 0 Å². The van der Waals surface area contributed by atoms with Crippen molar-refractivity contribution in [2.24, 2.45) is 0 Å². The van der Waals surface area contributed by atoms with Gasteiger partial charge >= 0.3 is 5.63 Å². The molecule has 29 heavy (non-hydrogen) atoms. The highest BCUT2D eigenvalue weighted by Crippen LogP contribution is 2.16. The first-order valence-corrected chi connectivity index (χ1v) is 9.71. The summed E-state index contributed by atoms with van der Waals surface area (Å²) in [6, 6.07) is 16.2. The zero-order chi connectivity index (χ0) is 20.4. The monoisotopic (exact) mass is 390 g/mol. The number of fused-ring (bicyclic) bond motifs is 1. The Balaban J connectivity index is 1.51. The summed E-state index contributed by atoms with van der Waals surface area (Å²) in [6.45, 7) is 3.82. The van der Waals surface area contributed by atoms with Crippen molar-refractivity contribution in [1.29, 1.82) is 0 Å². The van der Waals surface area contributed by atoms with E-state index in [1.165, 1.54) is 0 Å². The number of nitrogens with zero attached hydrogens (tertiary/aromatic N) is 2. The predicted molar refractivity (Wildman–Crippen MR) is 110 cm³/mol. The van der Waals surface area contributed by atoms with Gasteiger partial charge in [0.1, 0.15) is 11.1 Å². The van der Waals surface area contributed by atoms with Gasteiger partial charge in [0.25, 0.3) is 11.8 Å². The second kappa shape index (κ2) is 7.91. The van der Waals surface area contributed by atoms with Crippen LogP contribution in [0.2, 0.25) is 0 Å². The van der Waals surface area contributed by atoms with Crippen LogP contribution in [0.5, 0.6) is 0 Å². The molecule has 1 aromatic heterocycles. The molecule has 3 aromatic rings. The fourth-order valence-electron chi connectivity index (χ4n) is 3.67. The topological polar surface area (TPSA) is 70.8 Å². The molecule has 1 aliphatic heterocycles. The molecule has 148 valence electrons. The zero-order valence-corrected chi connectivity index (χ0v) is 16.3. The van der Waals surface area contributed by atoms with Crippen molar-refractivity contribution in [1.82, 2.24) is 9.80 Å². The third kappa shape index (κ3) is 3.92. The molecular formula is C23H22N2O4. The molecule has 2 amide bonds. The molecular weight excluding hydrogens is 368 g/mol. The van der Waals surface area contributed by atoms with Crippen LogP contribution in [0.3, 0.4) is 0 Å². The van der Waals surface area contributed by atoms with E-state index >= 15 is 0 Å². The van der Waals surface area contributed by atoms with E-state index in [9.17, 15) is 14.4 Å². The summed E-state index contributed by atoms with van der Waals surface area (Å²) in [7, 11) is 0. The van der Waals surface area contributed by atoms with Crippen molar-refractivity contribution < 1.29 is 14.0 Å². The van der Waals surface area contributed by atoms with E-state index in [1.54, 1.807) is 34.1 Å². The first-order valence-electron chi connectivity index (χ1n) is 9.71. The van der Waals surface area contributed by atoms with Crippen LogP contribution in [0.25, 0.3) is 11.0 Å². The van der Waals surface area contributed by atoms with E-state index in [0.29, 0.717) is 49.1 Å². The molecule has 1 saturated heterocycles. The molecule has 0 unspecified atom stereocenters. The second-order valence-electron chi connectivity index (χ2n) is 7.29. The summed E-state index contributed by atoms with van der Waals surface area (Å²) in [5.74, 6) is -0.387. The molecule has 0 saturated carbocycles. The van der Waals surface area contributed by atoms with Gasteiger partial charge < -0.3 is 14.2 Å². The van der Waals surface area contributed by atoms with Crippen molar-refractivity contribution in [2.75, 3.05) is 26.2 Å². The number of benzene rings is 2. The molecule has 0 N–H and O–H groups in total. The Labute approximate surface area is 168 Å². The highest BCUT2D eigenvalue weighted by atomic mass is 16.4. The van der Waals surface area contributed by atoms with Crippen LogP contribution < -0.4 is 5.63 Å². The number of para-hydroxylation sites is 1. The van der Waals surface area contributed by atoms with Gasteiger partial charge in [0.2, 0.25) is 0 Å². The molecule has 2 aromatic carbocycles. The van der Waals surface area contributed by atoms with Crippen LogP contribution >= 0.6 is 0 Å². The lowest BCUT2D eigenvalue weighted by atomic mass is 10.1. The lowest BCUT2D eigenvalue weighted by molar-refractivity contribution is 0.0716. The molecule has 6 nitrogen and oxygen atoms in total. The summed E-state index contributed by atoms with van der Waals surface area (Å²) in [4.78, 5) is 41.5. The average molecular weight is 390 g/mol. The van der Waals surface area contributed by atoms with Crippen LogP contribution in [-0.2, 0) is 0 Å². The molecule has 0 aliphatic carbocycles. The number of aryl methyl sites for hydroxylation is 1. The van der Waals surface area contributed by atoms with Crippen LogP contribution in [0.15, 0.2) is 63.8 Å². The quantitative estimate of drug-likeness (QED) is 0.631. The Bertz CT molecular complexity index is 1130. The number of carbonyl (C=O) groups excluding carboxylic acids is 2. The maximum Gasteiger partial charge on any atom is 0.349 e. The van der Waals surface area contributed by atoms with E-state index in [4.69, 9.17) is 4.42 Å².